The van der Waals surface area contributed by atoms with Crippen molar-refractivity contribution in [3.8, 4) is 11.5 Å². The average Bonchev–Trinajstić information content (AvgIpc) is 2.37. The lowest BCUT2D eigenvalue weighted by Crippen LogP contribution is -2.23. The Morgan fingerprint density at radius 1 is 1.26 bits per heavy atom. The molecular formula is C13H17NO5. The van der Waals surface area contributed by atoms with Gasteiger partial charge in [0.25, 0.3) is 0 Å². The molecule has 0 radical (unpaired) electrons. The van der Waals surface area contributed by atoms with Crippen LogP contribution in [-0.4, -0.2) is 37.6 Å². The number of benzene rings is 1. The van der Waals surface area contributed by atoms with E-state index in [1.165, 1.54) is 21.1 Å². The number of methoxy groups -OCH3 is 2. The second kappa shape index (κ2) is 6.75. The van der Waals surface area contributed by atoms with Gasteiger partial charge in [-0.2, -0.15) is 0 Å². The van der Waals surface area contributed by atoms with Gasteiger partial charge in [-0.1, -0.05) is 6.07 Å². The predicted molar refractivity (Wildman–Crippen MR) is 68.9 cm³/mol. The Morgan fingerprint density at radius 2 is 1.95 bits per heavy atom. The summed E-state index contributed by atoms with van der Waals surface area (Å²) in [7, 11) is 2.95. The summed E-state index contributed by atoms with van der Waals surface area (Å²) in [4.78, 5) is 22.2. The van der Waals surface area contributed by atoms with Crippen LogP contribution in [0.4, 0.5) is 0 Å². The van der Waals surface area contributed by atoms with Crippen molar-refractivity contribution < 1.29 is 24.2 Å². The Balaban J connectivity index is 3.10. The number of hydrogen-bond donors (Lipinski definition) is 2. The molecular weight excluding hydrogens is 250 g/mol. The van der Waals surface area contributed by atoms with Crippen molar-refractivity contribution in [3.05, 3.63) is 23.3 Å². The van der Waals surface area contributed by atoms with Crippen LogP contribution in [0.1, 0.15) is 22.8 Å². The zero-order valence-electron chi connectivity index (χ0n) is 11.1. The van der Waals surface area contributed by atoms with E-state index in [2.05, 4.69) is 5.32 Å². The standard InChI is InChI=1S/C13H17NO5/c1-8(15)12-9(6-14-7-11(16)17)4-5-10(18-2)13(12)19-3/h4-5,14H,6-7H2,1-3H3,(H,16,17). The Labute approximate surface area is 111 Å². The summed E-state index contributed by atoms with van der Waals surface area (Å²) in [6.45, 7) is 1.52. The van der Waals surface area contributed by atoms with Gasteiger partial charge < -0.3 is 19.9 Å². The van der Waals surface area contributed by atoms with Gasteiger partial charge in [-0.05, 0) is 18.6 Å². The Kier molecular flexibility index (Phi) is 5.32. The second-order valence-electron chi connectivity index (χ2n) is 3.89. The molecule has 0 amide bonds. The number of hydrogen-bond acceptors (Lipinski definition) is 5. The molecule has 1 rings (SSSR count). The third-order valence-corrected chi connectivity index (χ3v) is 2.58. The first kappa shape index (κ1) is 15.0. The van der Waals surface area contributed by atoms with Crippen molar-refractivity contribution in [1.82, 2.24) is 5.32 Å². The van der Waals surface area contributed by atoms with Crippen LogP contribution in [0.3, 0.4) is 0 Å². The van der Waals surface area contributed by atoms with Crippen LogP contribution >= 0.6 is 0 Å². The van der Waals surface area contributed by atoms with Crippen LogP contribution in [0.15, 0.2) is 12.1 Å². The SMILES string of the molecule is COc1ccc(CNCC(=O)O)c(C(C)=O)c1OC. The number of rotatable bonds is 7. The molecule has 0 fully saturated rings. The molecule has 0 aliphatic rings. The monoisotopic (exact) mass is 267 g/mol. The maximum Gasteiger partial charge on any atom is 0.317 e. The molecule has 0 atom stereocenters. The normalized spacial score (nSPS) is 10.1. The van der Waals surface area contributed by atoms with Crippen LogP contribution in [0.2, 0.25) is 0 Å². The van der Waals surface area contributed by atoms with Crippen molar-refractivity contribution in [1.29, 1.82) is 0 Å². The minimum absolute atomic E-state index is 0.164. The van der Waals surface area contributed by atoms with E-state index >= 15 is 0 Å². The molecule has 6 nitrogen and oxygen atoms in total. The third-order valence-electron chi connectivity index (χ3n) is 2.58. The van der Waals surface area contributed by atoms with Crippen LogP contribution in [0, 0.1) is 0 Å². The number of carbonyl (C=O) groups is 2. The van der Waals surface area contributed by atoms with Gasteiger partial charge in [0.15, 0.2) is 17.3 Å². The summed E-state index contributed by atoms with van der Waals surface area (Å²) in [6, 6.07) is 3.40. The molecule has 1 aromatic rings. The highest BCUT2D eigenvalue weighted by molar-refractivity contribution is 5.99. The first-order valence-corrected chi connectivity index (χ1v) is 5.68. The largest absolute Gasteiger partial charge is 0.493 e. The number of aliphatic carboxylic acids is 1. The fraction of sp³-hybridized carbons (Fsp3) is 0.385. The van der Waals surface area contributed by atoms with Crippen molar-refractivity contribution in [3.63, 3.8) is 0 Å². The summed E-state index contributed by atoms with van der Waals surface area (Å²) in [5, 5.41) is 11.3. The number of nitrogens with one attached hydrogen (secondary N) is 1. The highest BCUT2D eigenvalue weighted by Crippen LogP contribution is 2.33. The third kappa shape index (κ3) is 3.69. The Hall–Kier alpha value is -2.08. The van der Waals surface area contributed by atoms with Crippen molar-refractivity contribution in [2.75, 3.05) is 20.8 Å². The number of Topliss-reactive ketones (excluding diaryl/α,β-unsaturated/α-hetero) is 1. The molecule has 0 heterocycles. The molecule has 19 heavy (non-hydrogen) atoms. The molecule has 104 valence electrons. The number of carboxylic acids is 1. The zero-order chi connectivity index (χ0) is 14.4. The minimum Gasteiger partial charge on any atom is -0.493 e. The fourth-order valence-electron chi connectivity index (χ4n) is 1.81. The molecule has 0 spiro atoms. The van der Waals surface area contributed by atoms with Crippen LogP contribution in [0.25, 0.3) is 0 Å². The number of carbonyl (C=O) groups excluding carboxylic acids is 1. The number of ketones is 1. The van der Waals surface area contributed by atoms with Gasteiger partial charge in [0.2, 0.25) is 0 Å². The average molecular weight is 267 g/mol. The van der Waals surface area contributed by atoms with Crippen molar-refractivity contribution >= 4 is 11.8 Å². The van der Waals surface area contributed by atoms with E-state index in [0.717, 1.165) is 0 Å². The van der Waals surface area contributed by atoms with E-state index in [0.29, 0.717) is 22.6 Å². The van der Waals surface area contributed by atoms with Crippen LogP contribution in [-0.2, 0) is 11.3 Å². The molecule has 0 saturated carbocycles. The van der Waals surface area contributed by atoms with Gasteiger partial charge in [-0.3, -0.25) is 9.59 Å². The molecule has 0 bridgehead atoms. The Morgan fingerprint density at radius 3 is 2.42 bits per heavy atom. The van der Waals surface area contributed by atoms with E-state index in [9.17, 15) is 9.59 Å². The molecule has 6 heteroatoms. The number of ether oxygens (including phenoxy) is 2. The van der Waals surface area contributed by atoms with E-state index in [-0.39, 0.29) is 18.9 Å². The molecule has 1 aromatic carbocycles. The van der Waals surface area contributed by atoms with Gasteiger partial charge >= 0.3 is 5.97 Å². The van der Waals surface area contributed by atoms with Gasteiger partial charge in [0, 0.05) is 6.54 Å². The van der Waals surface area contributed by atoms with Gasteiger partial charge in [0.1, 0.15) is 0 Å². The topological polar surface area (TPSA) is 84.9 Å². The maximum absolute atomic E-state index is 11.7. The van der Waals surface area contributed by atoms with Crippen LogP contribution in [0.5, 0.6) is 11.5 Å². The van der Waals surface area contributed by atoms with Crippen molar-refractivity contribution in [2.24, 2.45) is 0 Å². The summed E-state index contributed by atoms with van der Waals surface area (Å²) in [6.07, 6.45) is 0. The quantitative estimate of drug-likeness (QED) is 0.719. The first-order valence-electron chi connectivity index (χ1n) is 5.68. The molecule has 2 N–H and O–H groups in total. The summed E-state index contributed by atoms with van der Waals surface area (Å²) >= 11 is 0. The lowest BCUT2D eigenvalue weighted by atomic mass is 10.0. The summed E-state index contributed by atoms with van der Waals surface area (Å²) < 4.78 is 10.3. The minimum atomic E-state index is -0.954. The first-order chi connectivity index (χ1) is 9.01. The Bertz CT molecular complexity index is 484. The summed E-state index contributed by atoms with van der Waals surface area (Å²) in [5.74, 6) is -0.285. The van der Waals surface area contributed by atoms with Gasteiger partial charge in [0.05, 0.1) is 26.3 Å². The lowest BCUT2D eigenvalue weighted by Gasteiger charge is -2.15. The van der Waals surface area contributed by atoms with Gasteiger partial charge in [-0.15, -0.1) is 0 Å². The van der Waals surface area contributed by atoms with E-state index < -0.39 is 5.97 Å². The molecule has 0 saturated heterocycles. The summed E-state index contributed by atoms with van der Waals surface area (Å²) in [5.41, 5.74) is 1.08. The molecule has 0 unspecified atom stereocenters. The van der Waals surface area contributed by atoms with E-state index in [1.807, 2.05) is 0 Å². The smallest absolute Gasteiger partial charge is 0.317 e. The fourth-order valence-corrected chi connectivity index (χ4v) is 1.81. The zero-order valence-corrected chi connectivity index (χ0v) is 11.1. The molecule has 0 aromatic heterocycles. The number of carboxylic acid groups (broad SMARTS) is 1. The highest BCUT2D eigenvalue weighted by Gasteiger charge is 2.18. The van der Waals surface area contributed by atoms with Crippen molar-refractivity contribution in [2.45, 2.75) is 13.5 Å². The van der Waals surface area contributed by atoms with Crippen LogP contribution < -0.4 is 14.8 Å². The van der Waals surface area contributed by atoms with E-state index in [4.69, 9.17) is 14.6 Å². The molecule has 0 aliphatic heterocycles. The predicted octanol–water partition coefficient (Wildman–Crippen LogP) is 1.08. The van der Waals surface area contributed by atoms with Gasteiger partial charge in [-0.25, -0.2) is 0 Å². The molecule has 0 aliphatic carbocycles. The van der Waals surface area contributed by atoms with E-state index in [1.54, 1.807) is 12.1 Å². The lowest BCUT2D eigenvalue weighted by molar-refractivity contribution is -0.135. The maximum atomic E-state index is 11.7. The second-order valence-corrected chi connectivity index (χ2v) is 3.89. The highest BCUT2D eigenvalue weighted by atomic mass is 16.5.